The molecule has 0 saturated heterocycles. The summed E-state index contributed by atoms with van der Waals surface area (Å²) in [5.41, 5.74) is 4.80. The van der Waals surface area contributed by atoms with E-state index >= 15 is 0 Å². The van der Waals surface area contributed by atoms with E-state index in [4.69, 9.17) is 4.74 Å². The topological polar surface area (TPSA) is 50.1 Å². The molecule has 3 aromatic rings. The molecule has 0 amide bonds. The van der Waals surface area contributed by atoms with E-state index < -0.39 is 0 Å². The van der Waals surface area contributed by atoms with E-state index in [1.165, 1.54) is 5.56 Å². The summed E-state index contributed by atoms with van der Waals surface area (Å²) in [6, 6.07) is 20.8. The fraction of sp³-hybridized carbons (Fsp3) is 0.280. The van der Waals surface area contributed by atoms with Crippen molar-refractivity contribution in [3.05, 3.63) is 71.3 Å². The SMILES string of the molecule is CCOC(=O)CCc1c(C#N)c(-c2ccccc2C(C)C)cc2ccccc12. The highest BCUT2D eigenvalue weighted by Gasteiger charge is 2.18. The Morgan fingerprint density at radius 1 is 1.07 bits per heavy atom. The van der Waals surface area contributed by atoms with Crippen LogP contribution in [-0.2, 0) is 16.0 Å². The molecule has 3 rings (SSSR count). The zero-order valence-corrected chi connectivity index (χ0v) is 16.7. The number of hydrogen-bond acceptors (Lipinski definition) is 3. The first kappa shape index (κ1) is 19.6. The van der Waals surface area contributed by atoms with Crippen molar-refractivity contribution in [3.63, 3.8) is 0 Å². The van der Waals surface area contributed by atoms with Crippen molar-refractivity contribution in [2.24, 2.45) is 0 Å². The summed E-state index contributed by atoms with van der Waals surface area (Å²) in [5, 5.41) is 12.2. The number of benzene rings is 3. The van der Waals surface area contributed by atoms with E-state index in [9.17, 15) is 10.1 Å². The molecule has 142 valence electrons. The standard InChI is InChI=1S/C25H25NO2/c1-4-28-25(27)14-13-22-20-11-6-5-9-18(20)15-23(24(22)16-26)21-12-8-7-10-19(21)17(2)3/h5-12,15,17H,4,13-14H2,1-3H3. The Hall–Kier alpha value is -3.12. The first-order chi connectivity index (χ1) is 13.6. The Labute approximate surface area is 166 Å². The number of nitrogens with zero attached hydrogens (tertiary/aromatic N) is 1. The van der Waals surface area contributed by atoms with Crippen molar-refractivity contribution in [3.8, 4) is 17.2 Å². The average molecular weight is 371 g/mol. The Bertz CT molecular complexity index is 1040. The van der Waals surface area contributed by atoms with Crippen LogP contribution < -0.4 is 0 Å². The van der Waals surface area contributed by atoms with E-state index in [0.29, 0.717) is 24.5 Å². The minimum Gasteiger partial charge on any atom is -0.466 e. The predicted molar refractivity (Wildman–Crippen MR) is 113 cm³/mol. The summed E-state index contributed by atoms with van der Waals surface area (Å²) in [6.07, 6.45) is 0.752. The number of aryl methyl sites for hydroxylation is 1. The minimum absolute atomic E-state index is 0.233. The van der Waals surface area contributed by atoms with Crippen LogP contribution in [0.1, 0.15) is 49.8 Å². The predicted octanol–water partition coefficient (Wildman–Crippen LogP) is 6.00. The number of ether oxygens (including phenoxy) is 1. The van der Waals surface area contributed by atoms with Crippen LogP contribution >= 0.6 is 0 Å². The van der Waals surface area contributed by atoms with Gasteiger partial charge in [-0.2, -0.15) is 5.26 Å². The summed E-state index contributed by atoms with van der Waals surface area (Å²) in [5.74, 6) is 0.112. The number of carbonyl (C=O) groups excluding carboxylic acids is 1. The third-order valence-corrected chi connectivity index (χ3v) is 5.03. The molecule has 0 radical (unpaired) electrons. The van der Waals surface area contributed by atoms with Gasteiger partial charge in [0.2, 0.25) is 0 Å². The van der Waals surface area contributed by atoms with Gasteiger partial charge in [-0.3, -0.25) is 4.79 Å². The highest BCUT2D eigenvalue weighted by atomic mass is 16.5. The van der Waals surface area contributed by atoms with Gasteiger partial charge in [-0.15, -0.1) is 0 Å². The Balaban J connectivity index is 2.22. The first-order valence-corrected chi connectivity index (χ1v) is 9.76. The Morgan fingerprint density at radius 3 is 2.50 bits per heavy atom. The summed E-state index contributed by atoms with van der Waals surface area (Å²) in [4.78, 5) is 11.9. The normalized spacial score (nSPS) is 10.8. The molecule has 0 aliphatic rings. The number of hydrogen-bond donors (Lipinski definition) is 0. The maximum Gasteiger partial charge on any atom is 0.306 e. The van der Waals surface area contributed by atoms with Crippen LogP contribution in [0.15, 0.2) is 54.6 Å². The average Bonchev–Trinajstić information content (AvgIpc) is 2.71. The molecule has 0 aromatic heterocycles. The first-order valence-electron chi connectivity index (χ1n) is 9.76. The number of rotatable bonds is 6. The molecule has 0 fully saturated rings. The highest BCUT2D eigenvalue weighted by Crippen LogP contribution is 2.36. The largest absolute Gasteiger partial charge is 0.466 e. The maximum atomic E-state index is 11.9. The van der Waals surface area contributed by atoms with E-state index in [2.05, 4.69) is 44.2 Å². The van der Waals surface area contributed by atoms with Gasteiger partial charge in [0.25, 0.3) is 0 Å². The molecule has 0 N–H and O–H groups in total. The van der Waals surface area contributed by atoms with Gasteiger partial charge in [-0.25, -0.2) is 0 Å². The van der Waals surface area contributed by atoms with Gasteiger partial charge in [-0.05, 0) is 52.8 Å². The number of fused-ring (bicyclic) bond motifs is 1. The van der Waals surface area contributed by atoms with Crippen molar-refractivity contribution in [2.75, 3.05) is 6.61 Å². The summed E-state index contributed by atoms with van der Waals surface area (Å²) in [7, 11) is 0. The maximum absolute atomic E-state index is 11.9. The van der Waals surface area contributed by atoms with Crippen molar-refractivity contribution in [2.45, 2.75) is 39.5 Å². The third kappa shape index (κ3) is 3.92. The smallest absolute Gasteiger partial charge is 0.306 e. The quantitative estimate of drug-likeness (QED) is 0.500. The third-order valence-electron chi connectivity index (χ3n) is 5.03. The molecular weight excluding hydrogens is 346 g/mol. The van der Waals surface area contributed by atoms with Gasteiger partial charge in [0, 0.05) is 12.0 Å². The number of carbonyl (C=O) groups is 1. The monoisotopic (exact) mass is 371 g/mol. The fourth-order valence-corrected chi connectivity index (χ4v) is 3.73. The van der Waals surface area contributed by atoms with Crippen LogP contribution in [0.5, 0.6) is 0 Å². The molecule has 0 atom stereocenters. The lowest BCUT2D eigenvalue weighted by Crippen LogP contribution is -2.07. The van der Waals surface area contributed by atoms with Crippen molar-refractivity contribution < 1.29 is 9.53 Å². The molecule has 0 unspecified atom stereocenters. The fourth-order valence-electron chi connectivity index (χ4n) is 3.73. The van der Waals surface area contributed by atoms with Gasteiger partial charge in [-0.1, -0.05) is 62.4 Å². The van der Waals surface area contributed by atoms with Crippen molar-refractivity contribution in [1.82, 2.24) is 0 Å². The second kappa shape index (κ2) is 8.71. The molecule has 3 nitrogen and oxygen atoms in total. The molecule has 0 heterocycles. The van der Waals surface area contributed by atoms with Gasteiger partial charge in [0.05, 0.1) is 12.2 Å². The Kier molecular flexibility index (Phi) is 6.11. The molecule has 28 heavy (non-hydrogen) atoms. The van der Waals surface area contributed by atoms with Crippen LogP contribution in [0, 0.1) is 11.3 Å². The molecule has 0 saturated carbocycles. The highest BCUT2D eigenvalue weighted by molar-refractivity contribution is 5.94. The second-order valence-electron chi connectivity index (χ2n) is 7.16. The van der Waals surface area contributed by atoms with E-state index in [1.807, 2.05) is 30.3 Å². The molecule has 0 bridgehead atoms. The van der Waals surface area contributed by atoms with Gasteiger partial charge in [0.15, 0.2) is 0 Å². The van der Waals surface area contributed by atoms with E-state index in [0.717, 1.165) is 27.5 Å². The number of nitriles is 1. The summed E-state index contributed by atoms with van der Waals surface area (Å²) in [6.45, 7) is 6.49. The van der Waals surface area contributed by atoms with Crippen molar-refractivity contribution >= 4 is 16.7 Å². The van der Waals surface area contributed by atoms with E-state index in [-0.39, 0.29) is 12.4 Å². The molecule has 0 aliphatic carbocycles. The summed E-state index contributed by atoms with van der Waals surface area (Å²) >= 11 is 0. The van der Waals surface area contributed by atoms with Crippen LogP contribution in [0.4, 0.5) is 0 Å². The Morgan fingerprint density at radius 2 is 1.79 bits per heavy atom. The second-order valence-corrected chi connectivity index (χ2v) is 7.16. The lowest BCUT2D eigenvalue weighted by atomic mass is 9.85. The molecule has 0 aliphatic heterocycles. The number of esters is 1. The van der Waals surface area contributed by atoms with Gasteiger partial charge >= 0.3 is 5.97 Å². The van der Waals surface area contributed by atoms with E-state index in [1.54, 1.807) is 6.92 Å². The minimum atomic E-state index is -0.233. The van der Waals surface area contributed by atoms with Gasteiger partial charge < -0.3 is 4.74 Å². The molecular formula is C25H25NO2. The lowest BCUT2D eigenvalue weighted by molar-refractivity contribution is -0.143. The zero-order chi connectivity index (χ0) is 20.1. The zero-order valence-electron chi connectivity index (χ0n) is 16.7. The van der Waals surface area contributed by atoms with Crippen molar-refractivity contribution in [1.29, 1.82) is 5.26 Å². The summed E-state index contributed by atoms with van der Waals surface area (Å²) < 4.78 is 5.09. The lowest BCUT2D eigenvalue weighted by Gasteiger charge is -2.18. The van der Waals surface area contributed by atoms with Crippen LogP contribution in [0.2, 0.25) is 0 Å². The molecule has 3 aromatic carbocycles. The molecule has 3 heteroatoms. The van der Waals surface area contributed by atoms with Crippen LogP contribution in [0.25, 0.3) is 21.9 Å². The van der Waals surface area contributed by atoms with Crippen LogP contribution in [0.3, 0.4) is 0 Å². The van der Waals surface area contributed by atoms with Crippen LogP contribution in [-0.4, -0.2) is 12.6 Å². The van der Waals surface area contributed by atoms with Gasteiger partial charge in [0.1, 0.15) is 6.07 Å². The molecule has 0 spiro atoms.